The number of rotatable bonds is 5. The van der Waals surface area contributed by atoms with E-state index in [1.165, 1.54) is 17.5 Å². The second-order valence-corrected chi connectivity index (χ2v) is 5.83. The van der Waals surface area contributed by atoms with Crippen LogP contribution in [0.3, 0.4) is 0 Å². The van der Waals surface area contributed by atoms with Crippen molar-refractivity contribution in [1.82, 2.24) is 10.2 Å². The van der Waals surface area contributed by atoms with E-state index in [9.17, 15) is 4.79 Å². The molecule has 1 aliphatic carbocycles. The first-order valence-electron chi connectivity index (χ1n) is 7.59. The summed E-state index contributed by atoms with van der Waals surface area (Å²) in [5.41, 5.74) is 4.74. The van der Waals surface area contributed by atoms with E-state index in [1.54, 1.807) is 11.2 Å². The summed E-state index contributed by atoms with van der Waals surface area (Å²) in [6, 6.07) is 4.37. The Morgan fingerprint density at radius 2 is 2.10 bits per heavy atom. The molecule has 4 nitrogen and oxygen atoms in total. The maximum Gasteiger partial charge on any atom is 0.226 e. The van der Waals surface area contributed by atoms with Crippen LogP contribution in [0.5, 0.6) is 0 Å². The lowest BCUT2D eigenvalue weighted by molar-refractivity contribution is -0.129. The van der Waals surface area contributed by atoms with Crippen LogP contribution in [0.1, 0.15) is 23.1 Å². The molecule has 3 rings (SSSR count). The highest BCUT2D eigenvalue weighted by Gasteiger charge is 2.17. The Bertz CT molecular complexity index is 660. The van der Waals surface area contributed by atoms with E-state index < -0.39 is 0 Å². The monoisotopic (exact) mass is 286 g/mol. The van der Waals surface area contributed by atoms with E-state index in [2.05, 4.69) is 17.4 Å². The van der Waals surface area contributed by atoms with Gasteiger partial charge in [0.05, 0.1) is 12.7 Å². The molecule has 0 aliphatic heterocycles. The molecule has 2 aromatic rings. The average Bonchev–Trinajstić information content (AvgIpc) is 3.09. The minimum Gasteiger partial charge on any atom is -0.464 e. The van der Waals surface area contributed by atoms with Crippen molar-refractivity contribution in [2.24, 2.45) is 0 Å². The molecular weight excluding hydrogens is 264 g/mol. The number of fused-ring (bicyclic) bond motifs is 2. The molecular formula is C17H22N2O2. The van der Waals surface area contributed by atoms with Crippen molar-refractivity contribution in [2.75, 3.05) is 27.2 Å². The number of carbonyl (C=O) groups is 1. The van der Waals surface area contributed by atoms with Gasteiger partial charge in [-0.25, -0.2) is 0 Å². The summed E-state index contributed by atoms with van der Waals surface area (Å²) in [5.74, 6) is 0.133. The van der Waals surface area contributed by atoms with Gasteiger partial charge >= 0.3 is 0 Å². The van der Waals surface area contributed by atoms with Gasteiger partial charge in [0.2, 0.25) is 5.91 Å². The number of benzene rings is 1. The zero-order valence-electron chi connectivity index (χ0n) is 12.7. The standard InChI is InChI=1S/C17H22N2O2/c1-18-6-7-19(2)17(20)10-14-11-21-16-9-13-5-3-4-12(13)8-15(14)16/h8-9,11,18H,3-7,10H2,1-2H3. The predicted octanol–water partition coefficient (Wildman–Crippen LogP) is 2.14. The van der Waals surface area contributed by atoms with E-state index in [1.807, 2.05) is 14.1 Å². The minimum atomic E-state index is 0.133. The number of aryl methyl sites for hydroxylation is 2. The van der Waals surface area contributed by atoms with Gasteiger partial charge in [-0.15, -0.1) is 0 Å². The van der Waals surface area contributed by atoms with Crippen molar-refractivity contribution in [3.8, 4) is 0 Å². The molecule has 0 radical (unpaired) electrons. The number of hydrogen-bond donors (Lipinski definition) is 1. The lowest BCUT2D eigenvalue weighted by Gasteiger charge is -2.16. The molecule has 0 fully saturated rings. The smallest absolute Gasteiger partial charge is 0.226 e. The van der Waals surface area contributed by atoms with E-state index in [0.29, 0.717) is 6.42 Å². The fourth-order valence-electron chi connectivity index (χ4n) is 2.99. The van der Waals surface area contributed by atoms with Crippen molar-refractivity contribution in [2.45, 2.75) is 25.7 Å². The van der Waals surface area contributed by atoms with Gasteiger partial charge in [-0.2, -0.15) is 0 Å². The van der Waals surface area contributed by atoms with Gasteiger partial charge in [0.15, 0.2) is 0 Å². The van der Waals surface area contributed by atoms with Crippen molar-refractivity contribution in [1.29, 1.82) is 0 Å². The number of hydrogen-bond acceptors (Lipinski definition) is 3. The third-order valence-electron chi connectivity index (χ3n) is 4.33. The summed E-state index contributed by atoms with van der Waals surface area (Å²) in [5, 5.41) is 4.16. The average molecular weight is 286 g/mol. The summed E-state index contributed by atoms with van der Waals surface area (Å²) < 4.78 is 5.65. The molecule has 0 atom stereocenters. The summed E-state index contributed by atoms with van der Waals surface area (Å²) in [4.78, 5) is 14.0. The summed E-state index contributed by atoms with van der Waals surface area (Å²) in [7, 11) is 3.74. The maximum absolute atomic E-state index is 12.3. The van der Waals surface area contributed by atoms with Crippen molar-refractivity contribution in [3.63, 3.8) is 0 Å². The lowest BCUT2D eigenvalue weighted by Crippen LogP contribution is -2.33. The molecule has 1 N–H and O–H groups in total. The van der Waals surface area contributed by atoms with Crippen LogP contribution in [0.4, 0.5) is 0 Å². The Morgan fingerprint density at radius 1 is 1.33 bits per heavy atom. The highest BCUT2D eigenvalue weighted by atomic mass is 16.3. The topological polar surface area (TPSA) is 45.5 Å². The molecule has 0 spiro atoms. The molecule has 1 aliphatic rings. The Morgan fingerprint density at radius 3 is 2.86 bits per heavy atom. The molecule has 0 bridgehead atoms. The third kappa shape index (κ3) is 2.81. The molecule has 0 unspecified atom stereocenters. The van der Waals surface area contributed by atoms with Gasteiger partial charge in [0, 0.05) is 31.1 Å². The SMILES string of the molecule is CNCCN(C)C(=O)Cc1coc2cc3c(cc12)CCC3. The number of likely N-dealkylation sites (N-methyl/N-ethyl adjacent to an activating group) is 2. The minimum absolute atomic E-state index is 0.133. The van der Waals surface area contributed by atoms with Gasteiger partial charge in [-0.1, -0.05) is 0 Å². The third-order valence-corrected chi connectivity index (χ3v) is 4.33. The first-order chi connectivity index (χ1) is 10.2. The van der Waals surface area contributed by atoms with Crippen molar-refractivity contribution >= 4 is 16.9 Å². The van der Waals surface area contributed by atoms with E-state index in [-0.39, 0.29) is 5.91 Å². The largest absolute Gasteiger partial charge is 0.464 e. The second-order valence-electron chi connectivity index (χ2n) is 5.83. The Labute approximate surface area is 125 Å². The van der Waals surface area contributed by atoms with Gasteiger partial charge in [-0.05, 0) is 49.6 Å². The quantitative estimate of drug-likeness (QED) is 0.916. The zero-order valence-corrected chi connectivity index (χ0v) is 12.7. The number of carbonyl (C=O) groups excluding carboxylic acids is 1. The highest BCUT2D eigenvalue weighted by molar-refractivity contribution is 5.88. The van der Waals surface area contributed by atoms with Crippen LogP contribution < -0.4 is 5.32 Å². The second kappa shape index (κ2) is 5.90. The first-order valence-corrected chi connectivity index (χ1v) is 7.59. The molecule has 21 heavy (non-hydrogen) atoms. The zero-order chi connectivity index (χ0) is 14.8. The van der Waals surface area contributed by atoms with Gasteiger partial charge in [0.1, 0.15) is 5.58 Å². The number of amides is 1. The number of furan rings is 1. The van der Waals surface area contributed by atoms with Gasteiger partial charge in [0.25, 0.3) is 0 Å². The fourth-order valence-corrected chi connectivity index (χ4v) is 2.99. The van der Waals surface area contributed by atoms with Crippen LogP contribution in [-0.4, -0.2) is 38.0 Å². The Hall–Kier alpha value is -1.81. The highest BCUT2D eigenvalue weighted by Crippen LogP contribution is 2.30. The Kier molecular flexibility index (Phi) is 3.97. The van der Waals surface area contributed by atoms with Crippen molar-refractivity contribution < 1.29 is 9.21 Å². The van der Waals surface area contributed by atoms with Crippen molar-refractivity contribution in [3.05, 3.63) is 35.1 Å². The van der Waals surface area contributed by atoms with Crippen LogP contribution in [0.25, 0.3) is 11.0 Å². The van der Waals surface area contributed by atoms with Gasteiger partial charge in [-0.3, -0.25) is 4.79 Å². The van der Waals surface area contributed by atoms with Crippen LogP contribution in [0, 0.1) is 0 Å². The molecule has 0 saturated heterocycles. The summed E-state index contributed by atoms with van der Waals surface area (Å²) >= 11 is 0. The Balaban J connectivity index is 1.79. The lowest BCUT2D eigenvalue weighted by atomic mass is 10.0. The number of nitrogens with one attached hydrogen (secondary N) is 1. The van der Waals surface area contributed by atoms with E-state index in [4.69, 9.17) is 4.42 Å². The maximum atomic E-state index is 12.3. The van der Waals surface area contributed by atoms with E-state index >= 15 is 0 Å². The molecule has 1 heterocycles. The molecule has 1 aromatic carbocycles. The van der Waals surface area contributed by atoms with Gasteiger partial charge < -0.3 is 14.6 Å². The molecule has 112 valence electrons. The normalized spacial score (nSPS) is 13.6. The van der Waals surface area contributed by atoms with Crippen LogP contribution in [-0.2, 0) is 24.1 Å². The first kappa shape index (κ1) is 14.1. The summed E-state index contributed by atoms with van der Waals surface area (Å²) in [6.45, 7) is 1.53. The molecule has 1 amide bonds. The molecule has 0 saturated carbocycles. The number of nitrogens with zero attached hydrogens (tertiary/aromatic N) is 1. The van der Waals surface area contributed by atoms with Crippen LogP contribution in [0.2, 0.25) is 0 Å². The van der Waals surface area contributed by atoms with E-state index in [0.717, 1.165) is 42.5 Å². The summed E-state index contributed by atoms with van der Waals surface area (Å²) in [6.07, 6.45) is 5.66. The molecule has 4 heteroatoms. The fraction of sp³-hybridized carbons (Fsp3) is 0.471. The van der Waals surface area contributed by atoms with Crippen LogP contribution >= 0.6 is 0 Å². The molecule has 1 aromatic heterocycles. The predicted molar refractivity (Wildman–Crippen MR) is 83.5 cm³/mol. The van der Waals surface area contributed by atoms with Crippen LogP contribution in [0.15, 0.2) is 22.8 Å².